The number of ether oxygens (including phenoxy) is 1. The molecule has 112 valence electrons. The number of benzene rings is 1. The Morgan fingerprint density at radius 2 is 1.80 bits per heavy atom. The van der Waals surface area contributed by atoms with Crippen LogP contribution in [0.2, 0.25) is 0 Å². The van der Waals surface area contributed by atoms with Gasteiger partial charge in [-0.25, -0.2) is 0 Å². The molecule has 2 rings (SSSR count). The number of hydrogen-bond donors (Lipinski definition) is 1. The highest BCUT2D eigenvalue weighted by Gasteiger charge is 2.08. The number of hydrogen-bond acceptors (Lipinski definition) is 3. The van der Waals surface area contributed by atoms with Crippen molar-refractivity contribution in [2.45, 2.75) is 38.6 Å². The number of piperidine rings is 1. The largest absolute Gasteiger partial charge is 0.497 e. The average molecular weight is 276 g/mol. The van der Waals surface area contributed by atoms with Crippen molar-refractivity contribution in [1.29, 1.82) is 0 Å². The van der Waals surface area contributed by atoms with Crippen molar-refractivity contribution in [1.82, 2.24) is 10.2 Å². The molecule has 1 fully saturated rings. The lowest BCUT2D eigenvalue weighted by Gasteiger charge is -2.26. The fourth-order valence-electron chi connectivity index (χ4n) is 2.74. The number of nitrogens with zero attached hydrogens (tertiary/aromatic N) is 1. The molecule has 1 heterocycles. The normalized spacial score (nSPS) is 16.2. The molecule has 20 heavy (non-hydrogen) atoms. The van der Waals surface area contributed by atoms with Crippen LogP contribution in [-0.2, 0) is 6.54 Å². The van der Waals surface area contributed by atoms with E-state index in [2.05, 4.69) is 22.3 Å². The van der Waals surface area contributed by atoms with Gasteiger partial charge in [-0.2, -0.15) is 0 Å². The molecule has 1 aliphatic heterocycles. The second-order valence-corrected chi connectivity index (χ2v) is 5.63. The van der Waals surface area contributed by atoms with Gasteiger partial charge in [0, 0.05) is 6.54 Å². The van der Waals surface area contributed by atoms with Gasteiger partial charge in [0.1, 0.15) is 5.75 Å². The van der Waals surface area contributed by atoms with Gasteiger partial charge in [0.2, 0.25) is 0 Å². The van der Waals surface area contributed by atoms with Crippen molar-refractivity contribution in [2.24, 2.45) is 0 Å². The highest BCUT2D eigenvalue weighted by molar-refractivity contribution is 5.26. The molecule has 1 aliphatic rings. The van der Waals surface area contributed by atoms with Gasteiger partial charge in [-0.05, 0) is 69.6 Å². The molecule has 3 nitrogen and oxygen atoms in total. The quantitative estimate of drug-likeness (QED) is 0.739. The lowest BCUT2D eigenvalue weighted by molar-refractivity contribution is 0.224. The van der Waals surface area contributed by atoms with Gasteiger partial charge < -0.3 is 15.0 Å². The van der Waals surface area contributed by atoms with E-state index in [-0.39, 0.29) is 0 Å². The molecule has 0 aliphatic carbocycles. The van der Waals surface area contributed by atoms with Crippen LogP contribution in [0.15, 0.2) is 24.3 Å². The van der Waals surface area contributed by atoms with Crippen LogP contribution < -0.4 is 10.1 Å². The standard InChI is InChI=1S/C17H28N2O/c1-20-17-9-7-16(8-10-17)15-18-11-3-6-14-19-12-4-2-5-13-19/h7-10,18H,2-6,11-15H2,1H3. The first-order chi connectivity index (χ1) is 9.88. The summed E-state index contributed by atoms with van der Waals surface area (Å²) in [4.78, 5) is 2.62. The van der Waals surface area contributed by atoms with Crippen LogP contribution >= 0.6 is 0 Å². The fourth-order valence-corrected chi connectivity index (χ4v) is 2.74. The number of rotatable bonds is 8. The lowest BCUT2D eigenvalue weighted by atomic mass is 10.1. The van der Waals surface area contributed by atoms with E-state index in [4.69, 9.17) is 4.74 Å². The summed E-state index contributed by atoms with van der Waals surface area (Å²) in [6.07, 6.45) is 6.81. The van der Waals surface area contributed by atoms with Crippen LogP contribution in [-0.4, -0.2) is 38.2 Å². The average Bonchev–Trinajstić information content (AvgIpc) is 2.52. The highest BCUT2D eigenvalue weighted by atomic mass is 16.5. The Morgan fingerprint density at radius 3 is 2.50 bits per heavy atom. The van der Waals surface area contributed by atoms with E-state index in [0.29, 0.717) is 0 Å². The second kappa shape index (κ2) is 8.98. The summed E-state index contributed by atoms with van der Waals surface area (Å²) < 4.78 is 5.16. The second-order valence-electron chi connectivity index (χ2n) is 5.63. The van der Waals surface area contributed by atoms with E-state index in [0.717, 1.165) is 18.8 Å². The first kappa shape index (κ1) is 15.3. The first-order valence-electron chi connectivity index (χ1n) is 7.94. The topological polar surface area (TPSA) is 24.5 Å². The molecule has 1 aromatic carbocycles. The van der Waals surface area contributed by atoms with E-state index >= 15 is 0 Å². The van der Waals surface area contributed by atoms with Crippen molar-refractivity contribution in [3.8, 4) is 5.75 Å². The Labute approximate surface area is 123 Å². The molecule has 0 bridgehead atoms. The van der Waals surface area contributed by atoms with E-state index in [1.165, 1.54) is 57.3 Å². The van der Waals surface area contributed by atoms with Gasteiger partial charge >= 0.3 is 0 Å². The molecule has 3 heteroatoms. The van der Waals surface area contributed by atoms with Crippen LogP contribution in [0.1, 0.15) is 37.7 Å². The monoisotopic (exact) mass is 276 g/mol. The minimum atomic E-state index is 0.926. The zero-order valence-corrected chi connectivity index (χ0v) is 12.7. The molecule has 1 aromatic rings. The van der Waals surface area contributed by atoms with Crippen LogP contribution in [0, 0.1) is 0 Å². The zero-order chi connectivity index (χ0) is 14.0. The SMILES string of the molecule is COc1ccc(CNCCCCN2CCCCC2)cc1. The highest BCUT2D eigenvalue weighted by Crippen LogP contribution is 2.11. The van der Waals surface area contributed by atoms with Crippen LogP contribution in [0.4, 0.5) is 0 Å². The number of methoxy groups -OCH3 is 1. The summed E-state index contributed by atoms with van der Waals surface area (Å²) in [6.45, 7) is 5.98. The van der Waals surface area contributed by atoms with Gasteiger partial charge in [-0.3, -0.25) is 0 Å². The molecule has 0 atom stereocenters. The molecule has 0 saturated carbocycles. The summed E-state index contributed by atoms with van der Waals surface area (Å²) in [5.74, 6) is 0.926. The first-order valence-corrected chi connectivity index (χ1v) is 7.94. The number of nitrogens with one attached hydrogen (secondary N) is 1. The molecular weight excluding hydrogens is 248 g/mol. The third-order valence-corrected chi connectivity index (χ3v) is 4.01. The summed E-state index contributed by atoms with van der Waals surface area (Å²) in [6, 6.07) is 8.29. The molecular formula is C17H28N2O. The minimum Gasteiger partial charge on any atom is -0.497 e. The molecule has 0 amide bonds. The predicted molar refractivity (Wildman–Crippen MR) is 84.2 cm³/mol. The number of unbranched alkanes of at least 4 members (excludes halogenated alkanes) is 1. The van der Waals surface area contributed by atoms with Crippen LogP contribution in [0.3, 0.4) is 0 Å². The van der Waals surface area contributed by atoms with E-state index < -0.39 is 0 Å². The summed E-state index contributed by atoms with van der Waals surface area (Å²) in [7, 11) is 1.70. The Balaban J connectivity index is 1.50. The summed E-state index contributed by atoms with van der Waals surface area (Å²) >= 11 is 0. The third-order valence-electron chi connectivity index (χ3n) is 4.01. The Hall–Kier alpha value is -1.06. The Kier molecular flexibility index (Phi) is 6.89. The third kappa shape index (κ3) is 5.51. The fraction of sp³-hybridized carbons (Fsp3) is 0.647. The van der Waals surface area contributed by atoms with Gasteiger partial charge in [-0.1, -0.05) is 18.6 Å². The van der Waals surface area contributed by atoms with Crippen LogP contribution in [0.25, 0.3) is 0 Å². The predicted octanol–water partition coefficient (Wildman–Crippen LogP) is 3.05. The van der Waals surface area contributed by atoms with Gasteiger partial charge in [-0.15, -0.1) is 0 Å². The van der Waals surface area contributed by atoms with Gasteiger partial charge in [0.25, 0.3) is 0 Å². The van der Waals surface area contributed by atoms with Crippen molar-refractivity contribution < 1.29 is 4.74 Å². The lowest BCUT2D eigenvalue weighted by Crippen LogP contribution is -2.30. The maximum absolute atomic E-state index is 5.16. The molecule has 0 spiro atoms. The smallest absolute Gasteiger partial charge is 0.118 e. The van der Waals surface area contributed by atoms with E-state index in [1.54, 1.807) is 7.11 Å². The maximum atomic E-state index is 5.16. The van der Waals surface area contributed by atoms with Crippen molar-refractivity contribution in [3.05, 3.63) is 29.8 Å². The Bertz CT molecular complexity index is 358. The van der Waals surface area contributed by atoms with Crippen molar-refractivity contribution in [3.63, 3.8) is 0 Å². The van der Waals surface area contributed by atoms with Crippen LogP contribution in [0.5, 0.6) is 5.75 Å². The van der Waals surface area contributed by atoms with E-state index in [9.17, 15) is 0 Å². The van der Waals surface area contributed by atoms with Crippen molar-refractivity contribution >= 4 is 0 Å². The molecule has 0 unspecified atom stereocenters. The Morgan fingerprint density at radius 1 is 1.05 bits per heavy atom. The summed E-state index contributed by atoms with van der Waals surface area (Å²) in [5.41, 5.74) is 1.32. The molecule has 1 saturated heterocycles. The van der Waals surface area contributed by atoms with E-state index in [1.807, 2.05) is 12.1 Å². The van der Waals surface area contributed by atoms with Gasteiger partial charge in [0.05, 0.1) is 7.11 Å². The number of likely N-dealkylation sites (tertiary alicyclic amines) is 1. The molecule has 1 N–H and O–H groups in total. The zero-order valence-electron chi connectivity index (χ0n) is 12.7. The molecule has 0 aromatic heterocycles. The van der Waals surface area contributed by atoms with Gasteiger partial charge in [0.15, 0.2) is 0 Å². The summed E-state index contributed by atoms with van der Waals surface area (Å²) in [5, 5.41) is 3.52. The molecule has 0 radical (unpaired) electrons. The maximum Gasteiger partial charge on any atom is 0.118 e. The van der Waals surface area contributed by atoms with Crippen molar-refractivity contribution in [2.75, 3.05) is 33.3 Å². The minimum absolute atomic E-state index is 0.926.